The molecular formula is C25H15FO6. The van der Waals surface area contributed by atoms with E-state index in [0.29, 0.717) is 0 Å². The van der Waals surface area contributed by atoms with E-state index in [1.165, 1.54) is 30.3 Å². The Bertz CT molecular complexity index is 1520. The fourth-order valence-electron chi connectivity index (χ4n) is 3.97. The molecule has 0 bridgehead atoms. The normalized spacial score (nSPS) is 11.4. The lowest BCUT2D eigenvalue weighted by Gasteiger charge is -2.19. The van der Waals surface area contributed by atoms with Gasteiger partial charge in [0.05, 0.1) is 27.8 Å². The van der Waals surface area contributed by atoms with Crippen molar-refractivity contribution < 1.29 is 23.4 Å². The molecule has 2 N–H and O–H groups in total. The van der Waals surface area contributed by atoms with Gasteiger partial charge in [0, 0.05) is 0 Å². The van der Waals surface area contributed by atoms with Gasteiger partial charge in [-0.2, -0.15) is 0 Å². The van der Waals surface area contributed by atoms with Crippen molar-refractivity contribution in [3.05, 3.63) is 116 Å². The van der Waals surface area contributed by atoms with Crippen molar-refractivity contribution in [1.29, 1.82) is 0 Å². The molecule has 0 unspecified atom stereocenters. The van der Waals surface area contributed by atoms with Crippen LogP contribution in [0.25, 0.3) is 21.9 Å². The molecule has 0 fully saturated rings. The number of fused-ring (bicyclic) bond motifs is 2. The van der Waals surface area contributed by atoms with Gasteiger partial charge >= 0.3 is 11.3 Å². The minimum atomic E-state index is -1.35. The average molecular weight is 430 g/mol. The summed E-state index contributed by atoms with van der Waals surface area (Å²) in [5.74, 6) is -2.84. The van der Waals surface area contributed by atoms with E-state index in [4.69, 9.17) is 8.83 Å². The maximum absolute atomic E-state index is 14.1. The lowest BCUT2D eigenvalue weighted by Crippen LogP contribution is -2.21. The number of aromatic hydroxyl groups is 2. The monoisotopic (exact) mass is 430 g/mol. The first kappa shape index (κ1) is 19.6. The van der Waals surface area contributed by atoms with E-state index < -0.39 is 34.5 Å². The fraction of sp³-hybridized carbons (Fsp3) is 0.0400. The summed E-state index contributed by atoms with van der Waals surface area (Å²) in [5.41, 5.74) is -2.04. The SMILES string of the molecule is O=c1oc2ccccc2c(O)c1C(c1cccc(F)c1)c1c(O)c2ccccc2oc1=O. The van der Waals surface area contributed by atoms with Gasteiger partial charge in [-0.1, -0.05) is 36.4 Å². The molecular weight excluding hydrogens is 415 g/mol. The third-order valence-corrected chi connectivity index (χ3v) is 5.40. The zero-order chi connectivity index (χ0) is 22.4. The largest absolute Gasteiger partial charge is 0.507 e. The lowest BCUT2D eigenvalue weighted by atomic mass is 9.84. The van der Waals surface area contributed by atoms with Crippen LogP contribution in [0.2, 0.25) is 0 Å². The Balaban J connectivity index is 1.92. The highest BCUT2D eigenvalue weighted by Gasteiger charge is 2.32. The number of rotatable bonds is 3. The lowest BCUT2D eigenvalue weighted by molar-refractivity contribution is 0.441. The predicted molar refractivity (Wildman–Crippen MR) is 116 cm³/mol. The van der Waals surface area contributed by atoms with Crippen molar-refractivity contribution in [3.63, 3.8) is 0 Å². The fourth-order valence-corrected chi connectivity index (χ4v) is 3.97. The van der Waals surface area contributed by atoms with Gasteiger partial charge in [-0.25, -0.2) is 14.0 Å². The Morgan fingerprint density at radius 1 is 0.688 bits per heavy atom. The average Bonchev–Trinajstić information content (AvgIpc) is 2.78. The number of para-hydroxylation sites is 2. The second-order valence-electron chi connectivity index (χ2n) is 7.28. The molecule has 5 rings (SSSR count). The molecule has 3 aromatic carbocycles. The molecule has 0 aliphatic rings. The van der Waals surface area contributed by atoms with Gasteiger partial charge in [0.15, 0.2) is 0 Å². The van der Waals surface area contributed by atoms with E-state index in [9.17, 15) is 24.2 Å². The summed E-state index contributed by atoms with van der Waals surface area (Å²) in [6.45, 7) is 0. The predicted octanol–water partition coefficient (Wildman–Crippen LogP) is 4.63. The summed E-state index contributed by atoms with van der Waals surface area (Å²) < 4.78 is 24.9. The van der Waals surface area contributed by atoms with Gasteiger partial charge in [-0.15, -0.1) is 0 Å². The van der Waals surface area contributed by atoms with Crippen molar-refractivity contribution in [3.8, 4) is 11.5 Å². The first-order valence-electron chi connectivity index (χ1n) is 9.70. The molecule has 0 spiro atoms. The van der Waals surface area contributed by atoms with E-state index in [2.05, 4.69) is 0 Å². The number of benzene rings is 3. The highest BCUT2D eigenvalue weighted by Crippen LogP contribution is 2.41. The second-order valence-corrected chi connectivity index (χ2v) is 7.28. The van der Waals surface area contributed by atoms with Crippen LogP contribution in [0, 0.1) is 5.82 Å². The summed E-state index contributed by atoms with van der Waals surface area (Å²) >= 11 is 0. The first-order valence-corrected chi connectivity index (χ1v) is 9.70. The van der Waals surface area contributed by atoms with Crippen LogP contribution < -0.4 is 11.3 Å². The van der Waals surface area contributed by atoms with E-state index in [-0.39, 0.29) is 38.6 Å². The van der Waals surface area contributed by atoms with Crippen molar-refractivity contribution in [2.24, 2.45) is 0 Å². The minimum absolute atomic E-state index is 0.145. The molecule has 158 valence electrons. The van der Waals surface area contributed by atoms with E-state index in [1.807, 2.05) is 0 Å². The zero-order valence-corrected chi connectivity index (χ0v) is 16.4. The second kappa shape index (κ2) is 7.39. The van der Waals surface area contributed by atoms with Crippen molar-refractivity contribution in [1.82, 2.24) is 0 Å². The molecule has 2 heterocycles. The molecule has 0 radical (unpaired) electrons. The van der Waals surface area contributed by atoms with Gasteiger partial charge in [0.2, 0.25) is 0 Å². The van der Waals surface area contributed by atoms with E-state index in [0.717, 1.165) is 6.07 Å². The molecule has 0 atom stereocenters. The van der Waals surface area contributed by atoms with Crippen LogP contribution in [0.1, 0.15) is 22.6 Å². The number of hydrogen-bond acceptors (Lipinski definition) is 6. The summed E-state index contributed by atoms with van der Waals surface area (Å²) in [7, 11) is 0. The number of halogens is 1. The molecule has 0 aliphatic carbocycles. The van der Waals surface area contributed by atoms with Crippen LogP contribution in [-0.4, -0.2) is 10.2 Å². The minimum Gasteiger partial charge on any atom is -0.507 e. The molecule has 0 aliphatic heterocycles. The molecule has 2 aromatic heterocycles. The third-order valence-electron chi connectivity index (χ3n) is 5.40. The Hall–Kier alpha value is -4.39. The molecule has 6 nitrogen and oxygen atoms in total. The maximum atomic E-state index is 14.1. The summed E-state index contributed by atoms with van der Waals surface area (Å²) in [6.07, 6.45) is 0. The van der Waals surface area contributed by atoms with E-state index >= 15 is 0 Å². The van der Waals surface area contributed by atoms with Gasteiger partial charge in [0.25, 0.3) is 0 Å². The van der Waals surface area contributed by atoms with Crippen LogP contribution in [0.5, 0.6) is 11.5 Å². The van der Waals surface area contributed by atoms with Crippen molar-refractivity contribution in [2.45, 2.75) is 5.92 Å². The quantitative estimate of drug-likeness (QED) is 0.405. The third kappa shape index (κ3) is 3.02. The van der Waals surface area contributed by atoms with Gasteiger partial charge in [-0.05, 0) is 42.0 Å². The summed E-state index contributed by atoms with van der Waals surface area (Å²) in [5, 5.41) is 22.5. The summed E-state index contributed by atoms with van der Waals surface area (Å²) in [6, 6.07) is 17.9. The Labute approximate surface area is 179 Å². The standard InChI is InChI=1S/C25H15FO6/c26-14-7-5-6-13(12-14)19(20-22(27)15-8-1-3-10-17(15)31-24(20)29)21-23(28)16-9-2-4-11-18(16)32-25(21)30/h1-12,19,27-28H. The molecule has 5 aromatic rings. The molecule has 0 saturated heterocycles. The van der Waals surface area contributed by atoms with Crippen LogP contribution in [-0.2, 0) is 0 Å². The van der Waals surface area contributed by atoms with Crippen LogP contribution in [0.15, 0.2) is 91.2 Å². The van der Waals surface area contributed by atoms with Gasteiger partial charge in [0.1, 0.15) is 28.5 Å². The van der Waals surface area contributed by atoms with Crippen LogP contribution >= 0.6 is 0 Å². The van der Waals surface area contributed by atoms with Gasteiger partial charge < -0.3 is 19.0 Å². The Morgan fingerprint density at radius 2 is 1.19 bits per heavy atom. The topological polar surface area (TPSA) is 101 Å². The van der Waals surface area contributed by atoms with E-state index in [1.54, 1.807) is 36.4 Å². The maximum Gasteiger partial charge on any atom is 0.344 e. The smallest absolute Gasteiger partial charge is 0.344 e. The van der Waals surface area contributed by atoms with Crippen LogP contribution in [0.4, 0.5) is 4.39 Å². The van der Waals surface area contributed by atoms with Gasteiger partial charge in [-0.3, -0.25) is 0 Å². The van der Waals surface area contributed by atoms with Crippen molar-refractivity contribution >= 4 is 21.9 Å². The highest BCUT2D eigenvalue weighted by molar-refractivity contribution is 5.86. The highest BCUT2D eigenvalue weighted by atomic mass is 19.1. The molecule has 0 amide bonds. The van der Waals surface area contributed by atoms with Crippen molar-refractivity contribution in [2.75, 3.05) is 0 Å². The molecule has 0 saturated carbocycles. The number of hydrogen-bond donors (Lipinski definition) is 2. The molecule has 32 heavy (non-hydrogen) atoms. The summed E-state index contributed by atoms with van der Waals surface area (Å²) in [4.78, 5) is 26.0. The first-order chi connectivity index (χ1) is 15.5. The van der Waals surface area contributed by atoms with Crippen LogP contribution in [0.3, 0.4) is 0 Å². The molecule has 7 heteroatoms. The zero-order valence-electron chi connectivity index (χ0n) is 16.4. The Kier molecular flexibility index (Phi) is 4.52. The Morgan fingerprint density at radius 3 is 1.69 bits per heavy atom.